The van der Waals surface area contributed by atoms with Crippen LogP contribution in [0.2, 0.25) is 0 Å². The van der Waals surface area contributed by atoms with E-state index in [2.05, 4.69) is 25.9 Å². The molecule has 7 heteroatoms. The maximum atomic E-state index is 12.4. The highest BCUT2D eigenvalue weighted by molar-refractivity contribution is 9.10. The fourth-order valence-electron chi connectivity index (χ4n) is 2.86. The molecule has 5 nitrogen and oxygen atoms in total. The van der Waals surface area contributed by atoms with Crippen molar-refractivity contribution in [2.24, 2.45) is 4.99 Å². The molecular formula is C18H12BrN3O2S. The summed E-state index contributed by atoms with van der Waals surface area (Å²) in [4.78, 5) is 19.4. The molecule has 1 amide bonds. The normalized spacial score (nSPS) is 13.0. The van der Waals surface area contributed by atoms with Gasteiger partial charge >= 0.3 is 0 Å². The highest BCUT2D eigenvalue weighted by atomic mass is 79.9. The Morgan fingerprint density at radius 2 is 1.92 bits per heavy atom. The first-order valence-electron chi connectivity index (χ1n) is 7.50. The molecule has 2 heterocycles. The molecule has 0 spiro atoms. The van der Waals surface area contributed by atoms with Crippen molar-refractivity contribution in [1.29, 1.82) is 0 Å². The van der Waals surface area contributed by atoms with Crippen molar-refractivity contribution in [2.75, 3.05) is 0 Å². The summed E-state index contributed by atoms with van der Waals surface area (Å²) in [6.07, 6.45) is 0. The van der Waals surface area contributed by atoms with E-state index in [0.717, 1.165) is 10.0 Å². The van der Waals surface area contributed by atoms with Gasteiger partial charge < -0.3 is 10.1 Å². The number of fused-ring (bicyclic) bond motifs is 1. The summed E-state index contributed by atoms with van der Waals surface area (Å²) in [5.41, 5.74) is 2.40. The predicted molar refractivity (Wildman–Crippen MR) is 99.8 cm³/mol. The molecular weight excluding hydrogens is 402 g/mol. The molecule has 0 saturated heterocycles. The van der Waals surface area contributed by atoms with Gasteiger partial charge in [0.15, 0.2) is 4.77 Å². The largest absolute Gasteiger partial charge is 0.493 e. The Hall–Kier alpha value is -2.51. The van der Waals surface area contributed by atoms with Crippen molar-refractivity contribution in [3.63, 3.8) is 0 Å². The third-order valence-corrected chi connectivity index (χ3v) is 4.85. The average molecular weight is 414 g/mol. The number of aromatic nitrogens is 2. The van der Waals surface area contributed by atoms with Gasteiger partial charge in [0.2, 0.25) is 5.88 Å². The molecule has 0 aliphatic carbocycles. The maximum Gasteiger partial charge on any atom is 0.280 e. The molecule has 0 bridgehead atoms. The molecule has 0 atom stereocenters. The van der Waals surface area contributed by atoms with E-state index in [9.17, 15) is 9.90 Å². The number of rotatable bonds is 2. The van der Waals surface area contributed by atoms with Gasteiger partial charge in [-0.05, 0) is 49.5 Å². The monoisotopic (exact) mass is 413 g/mol. The van der Waals surface area contributed by atoms with Crippen molar-refractivity contribution in [2.45, 2.75) is 6.92 Å². The molecule has 0 saturated carbocycles. The second kappa shape index (κ2) is 5.79. The first-order chi connectivity index (χ1) is 12.0. The molecule has 25 heavy (non-hydrogen) atoms. The second-order valence-corrected chi connectivity index (χ2v) is 7.06. The van der Waals surface area contributed by atoms with E-state index in [0.29, 0.717) is 26.6 Å². The fraction of sp³-hybridized carbons (Fsp3) is 0.0556. The SMILES string of the molecule is Cc1ccc(-n2c(O)c(C3=c4cc(Br)ccc4=NC3=O)[nH]c2=S)cc1. The zero-order chi connectivity index (χ0) is 17.7. The van der Waals surface area contributed by atoms with Crippen LogP contribution in [0.5, 0.6) is 5.88 Å². The van der Waals surface area contributed by atoms with Crippen LogP contribution in [0.15, 0.2) is 51.9 Å². The number of aromatic hydroxyl groups is 1. The van der Waals surface area contributed by atoms with E-state index in [1.165, 1.54) is 4.57 Å². The van der Waals surface area contributed by atoms with Crippen molar-refractivity contribution in [1.82, 2.24) is 9.55 Å². The quantitative estimate of drug-likeness (QED) is 0.634. The van der Waals surface area contributed by atoms with Crippen LogP contribution in [-0.2, 0) is 4.79 Å². The molecule has 4 rings (SSSR count). The first kappa shape index (κ1) is 16.0. The van der Waals surface area contributed by atoms with Gasteiger partial charge in [-0.3, -0.25) is 9.36 Å². The number of halogens is 1. The topological polar surface area (TPSA) is 70.4 Å². The molecule has 0 unspecified atom stereocenters. The minimum atomic E-state index is -0.407. The lowest BCUT2D eigenvalue weighted by Crippen LogP contribution is -2.23. The summed E-state index contributed by atoms with van der Waals surface area (Å²) >= 11 is 8.76. The Morgan fingerprint density at radius 1 is 1.20 bits per heavy atom. The van der Waals surface area contributed by atoms with E-state index in [1.54, 1.807) is 12.1 Å². The number of aromatic amines is 1. The van der Waals surface area contributed by atoms with Gasteiger partial charge in [0.1, 0.15) is 5.69 Å². The number of imidazole rings is 1. The number of carbonyl (C=O) groups excluding carboxylic acids is 1. The van der Waals surface area contributed by atoms with E-state index in [4.69, 9.17) is 12.2 Å². The summed E-state index contributed by atoms with van der Waals surface area (Å²) in [6, 6.07) is 13.0. The Bertz CT molecular complexity index is 1210. The Balaban J connectivity index is 2.00. The summed E-state index contributed by atoms with van der Waals surface area (Å²) in [7, 11) is 0. The zero-order valence-corrected chi connectivity index (χ0v) is 15.5. The number of amides is 1. The molecule has 2 aromatic carbocycles. The van der Waals surface area contributed by atoms with Gasteiger partial charge in [0.05, 0.1) is 16.6 Å². The minimum Gasteiger partial charge on any atom is -0.493 e. The number of nitrogens with one attached hydrogen (secondary N) is 1. The Morgan fingerprint density at radius 3 is 2.64 bits per heavy atom. The van der Waals surface area contributed by atoms with Crippen LogP contribution < -0.4 is 10.6 Å². The maximum absolute atomic E-state index is 12.4. The van der Waals surface area contributed by atoms with Crippen molar-refractivity contribution >= 4 is 39.6 Å². The van der Waals surface area contributed by atoms with Crippen LogP contribution in [0.1, 0.15) is 11.3 Å². The smallest absolute Gasteiger partial charge is 0.280 e. The lowest BCUT2D eigenvalue weighted by Gasteiger charge is -2.05. The average Bonchev–Trinajstić information content (AvgIpc) is 3.04. The summed E-state index contributed by atoms with van der Waals surface area (Å²) in [5, 5.41) is 12.0. The summed E-state index contributed by atoms with van der Waals surface area (Å²) in [5.74, 6) is -0.518. The van der Waals surface area contributed by atoms with E-state index >= 15 is 0 Å². The van der Waals surface area contributed by atoms with Crippen LogP contribution in [-0.4, -0.2) is 20.6 Å². The number of hydrogen-bond donors (Lipinski definition) is 2. The van der Waals surface area contributed by atoms with Crippen LogP contribution in [0.25, 0.3) is 11.3 Å². The molecule has 0 radical (unpaired) electrons. The number of benzene rings is 2. The number of carbonyl (C=O) groups is 1. The number of aryl methyl sites for hydroxylation is 1. The van der Waals surface area contributed by atoms with Crippen LogP contribution >= 0.6 is 28.1 Å². The van der Waals surface area contributed by atoms with Gasteiger partial charge in [-0.1, -0.05) is 33.6 Å². The molecule has 1 aliphatic heterocycles. The summed E-state index contributed by atoms with van der Waals surface area (Å²) < 4.78 is 2.63. The van der Waals surface area contributed by atoms with Crippen LogP contribution in [0.4, 0.5) is 0 Å². The standard InChI is InChI=1S/C18H12BrN3O2S/c1-9-2-5-11(6-3-9)22-17(24)15(21-18(22)25)14-12-8-10(19)4-7-13(12)20-16(14)23/h2-8,24H,1H3,(H,21,25). The molecule has 3 aromatic rings. The number of H-pyrrole nitrogens is 1. The predicted octanol–water partition coefficient (Wildman–Crippen LogP) is 2.67. The van der Waals surface area contributed by atoms with Gasteiger partial charge in [-0.25, -0.2) is 4.99 Å². The van der Waals surface area contributed by atoms with Gasteiger partial charge in [-0.2, -0.15) is 0 Å². The Kier molecular flexibility index (Phi) is 3.70. The molecule has 1 aliphatic rings. The van der Waals surface area contributed by atoms with E-state index in [1.807, 2.05) is 37.3 Å². The molecule has 2 N–H and O–H groups in total. The lowest BCUT2D eigenvalue weighted by molar-refractivity contribution is -0.112. The third-order valence-electron chi connectivity index (χ3n) is 4.08. The van der Waals surface area contributed by atoms with Gasteiger partial charge in [-0.15, -0.1) is 0 Å². The lowest BCUT2D eigenvalue weighted by atomic mass is 10.1. The van der Waals surface area contributed by atoms with Crippen molar-refractivity contribution in [3.8, 4) is 11.6 Å². The van der Waals surface area contributed by atoms with E-state index in [-0.39, 0.29) is 11.6 Å². The number of hydrogen-bond acceptors (Lipinski definition) is 3. The highest BCUT2D eigenvalue weighted by Crippen LogP contribution is 2.28. The van der Waals surface area contributed by atoms with Crippen molar-refractivity contribution in [3.05, 3.63) is 73.5 Å². The van der Waals surface area contributed by atoms with Gasteiger partial charge in [0, 0.05) is 9.69 Å². The first-order valence-corrected chi connectivity index (χ1v) is 8.70. The van der Waals surface area contributed by atoms with E-state index < -0.39 is 5.91 Å². The third kappa shape index (κ3) is 2.56. The summed E-state index contributed by atoms with van der Waals surface area (Å²) in [6.45, 7) is 1.98. The molecule has 0 fully saturated rings. The molecule has 1 aromatic heterocycles. The zero-order valence-electron chi connectivity index (χ0n) is 13.1. The van der Waals surface area contributed by atoms with Crippen molar-refractivity contribution < 1.29 is 9.90 Å². The minimum absolute atomic E-state index is 0.111. The highest BCUT2D eigenvalue weighted by Gasteiger charge is 2.25. The second-order valence-electron chi connectivity index (χ2n) is 5.75. The molecule has 124 valence electrons. The van der Waals surface area contributed by atoms with Crippen LogP contribution in [0, 0.1) is 11.7 Å². The van der Waals surface area contributed by atoms with Crippen LogP contribution in [0.3, 0.4) is 0 Å². The Labute approximate surface area is 156 Å². The number of nitrogens with zero attached hydrogens (tertiary/aromatic N) is 2. The fourth-order valence-corrected chi connectivity index (χ4v) is 3.52. The van der Waals surface area contributed by atoms with Gasteiger partial charge in [0.25, 0.3) is 5.91 Å².